The number of unbranched alkanes of at least 4 members (excludes halogenated alkanes) is 1. The van der Waals surface area contributed by atoms with Gasteiger partial charge in [-0.15, -0.1) is 0 Å². The van der Waals surface area contributed by atoms with Gasteiger partial charge in [0.2, 0.25) is 5.91 Å². The van der Waals surface area contributed by atoms with Gasteiger partial charge in [-0.1, -0.05) is 12.1 Å². The topological polar surface area (TPSA) is 119 Å². The zero-order valence-corrected chi connectivity index (χ0v) is 20.4. The predicted molar refractivity (Wildman–Crippen MR) is 137 cm³/mol. The summed E-state index contributed by atoms with van der Waals surface area (Å²) in [6, 6.07) is 12.1. The van der Waals surface area contributed by atoms with Crippen LogP contribution in [0.5, 0.6) is 0 Å². The molecule has 0 unspecified atom stereocenters. The van der Waals surface area contributed by atoms with E-state index in [-0.39, 0.29) is 24.8 Å². The van der Waals surface area contributed by atoms with Gasteiger partial charge in [0.05, 0.1) is 24.0 Å². The molecule has 9 nitrogen and oxygen atoms in total. The summed E-state index contributed by atoms with van der Waals surface area (Å²) in [5.41, 5.74) is 3.70. The van der Waals surface area contributed by atoms with Crippen LogP contribution in [0.4, 0.5) is 5.69 Å². The van der Waals surface area contributed by atoms with Gasteiger partial charge in [-0.3, -0.25) is 14.4 Å². The molecule has 35 heavy (non-hydrogen) atoms. The number of fused-ring (bicyclic) bond motifs is 2. The molecule has 2 amide bonds. The molecule has 0 aliphatic carbocycles. The second-order valence-electron chi connectivity index (χ2n) is 8.72. The number of rotatable bonds is 9. The van der Waals surface area contributed by atoms with Crippen molar-refractivity contribution in [1.82, 2.24) is 19.8 Å². The molecule has 2 heterocycles. The second-order valence-corrected chi connectivity index (χ2v) is 9.17. The molecule has 1 atom stereocenters. The summed E-state index contributed by atoms with van der Waals surface area (Å²) in [6.45, 7) is 1.18. The van der Waals surface area contributed by atoms with Crippen LogP contribution in [0, 0.1) is 0 Å². The third kappa shape index (κ3) is 5.76. The normalized spacial score (nSPS) is 15.4. The molecule has 3 N–H and O–H groups in total. The van der Waals surface area contributed by atoms with Gasteiger partial charge in [0, 0.05) is 31.4 Å². The lowest BCUT2D eigenvalue weighted by atomic mass is 10.1. The third-order valence-electron chi connectivity index (χ3n) is 6.04. The number of hydrogen-bond acceptors (Lipinski definition) is 6. The Morgan fingerprint density at radius 3 is 2.77 bits per heavy atom. The monoisotopic (exact) mass is 495 g/mol. The van der Waals surface area contributed by atoms with Crippen molar-refractivity contribution in [3.63, 3.8) is 0 Å². The summed E-state index contributed by atoms with van der Waals surface area (Å²) in [5, 5.41) is 12.2. The first kappa shape index (κ1) is 24.6. The highest BCUT2D eigenvalue weighted by molar-refractivity contribution is 7.80. The zero-order chi connectivity index (χ0) is 24.9. The summed E-state index contributed by atoms with van der Waals surface area (Å²) in [6.07, 6.45) is 1.38. The van der Waals surface area contributed by atoms with Gasteiger partial charge < -0.3 is 25.2 Å². The minimum atomic E-state index is -1.05. The van der Waals surface area contributed by atoms with Crippen molar-refractivity contribution in [2.45, 2.75) is 38.4 Å². The van der Waals surface area contributed by atoms with Crippen molar-refractivity contribution >= 4 is 47.1 Å². The number of thiol groups is 1. The van der Waals surface area contributed by atoms with E-state index in [9.17, 15) is 19.5 Å². The van der Waals surface area contributed by atoms with Gasteiger partial charge in [0.15, 0.2) is 0 Å². The quantitative estimate of drug-likeness (QED) is 0.268. The molecule has 2 aromatic carbocycles. The lowest BCUT2D eigenvalue weighted by Gasteiger charge is -2.22. The summed E-state index contributed by atoms with van der Waals surface area (Å²) < 4.78 is 0. The van der Waals surface area contributed by atoms with Gasteiger partial charge in [-0.2, -0.15) is 12.6 Å². The molecule has 10 heteroatoms. The number of aromatic nitrogens is 2. The van der Waals surface area contributed by atoms with Crippen LogP contribution in [0.15, 0.2) is 42.5 Å². The van der Waals surface area contributed by atoms with Crippen LogP contribution in [0.1, 0.15) is 41.0 Å². The maximum atomic E-state index is 13.6. The SMILES string of the molecule is CN1Cc2cc(C(=O)N(CCCCS)Cc3nc4ccccc4[nH]3)ccc2N[C@@H](CC(=O)O)C1=O. The smallest absolute Gasteiger partial charge is 0.305 e. The molecule has 0 spiro atoms. The molecule has 0 saturated heterocycles. The predicted octanol–water partition coefficient (Wildman–Crippen LogP) is 3.14. The molecule has 0 radical (unpaired) electrons. The molecule has 1 aliphatic heterocycles. The number of aliphatic carboxylic acids is 1. The van der Waals surface area contributed by atoms with Gasteiger partial charge >= 0.3 is 5.97 Å². The molecular formula is C25H29N5O4S. The molecule has 1 aromatic heterocycles. The van der Waals surface area contributed by atoms with Crippen LogP contribution in [-0.4, -0.2) is 68.0 Å². The fraction of sp³-hybridized carbons (Fsp3) is 0.360. The standard InChI is InChI=1S/C25H29N5O4S/c1-29-14-17-12-16(8-9-18(17)26-21(25(29)34)13-23(31)32)24(33)30(10-4-5-11-35)15-22-27-19-6-2-3-7-20(19)28-22/h2-3,6-9,12,21,26,35H,4-5,10-11,13-15H2,1H3,(H,27,28)(H,31,32)/t21-/m0/s1. The van der Waals surface area contributed by atoms with Gasteiger partial charge in [-0.25, -0.2) is 4.98 Å². The third-order valence-corrected chi connectivity index (χ3v) is 6.36. The molecule has 0 saturated carbocycles. The number of carboxylic acids is 1. The van der Waals surface area contributed by atoms with E-state index in [0.717, 1.165) is 35.2 Å². The van der Waals surface area contributed by atoms with E-state index in [4.69, 9.17) is 0 Å². The molecule has 0 bridgehead atoms. The molecular weight excluding hydrogens is 466 g/mol. The van der Waals surface area contributed by atoms with E-state index in [2.05, 4.69) is 27.9 Å². The highest BCUT2D eigenvalue weighted by Crippen LogP contribution is 2.26. The number of carbonyl (C=O) groups is 3. The lowest BCUT2D eigenvalue weighted by Crippen LogP contribution is -2.39. The number of likely N-dealkylation sites (N-methyl/N-ethyl adjacent to an activating group) is 1. The van der Waals surface area contributed by atoms with E-state index < -0.39 is 12.0 Å². The number of anilines is 1. The van der Waals surface area contributed by atoms with Crippen molar-refractivity contribution < 1.29 is 19.5 Å². The van der Waals surface area contributed by atoms with Crippen LogP contribution >= 0.6 is 12.6 Å². The summed E-state index contributed by atoms with van der Waals surface area (Å²) in [5.74, 6) is -0.0252. The Bertz CT molecular complexity index is 1210. The number of carbonyl (C=O) groups excluding carboxylic acids is 2. The van der Waals surface area contributed by atoms with E-state index in [1.165, 1.54) is 4.90 Å². The van der Waals surface area contributed by atoms with Crippen LogP contribution in [-0.2, 0) is 22.7 Å². The van der Waals surface area contributed by atoms with Crippen molar-refractivity contribution in [3.8, 4) is 0 Å². The zero-order valence-electron chi connectivity index (χ0n) is 19.5. The number of aromatic amines is 1. The average Bonchev–Trinajstić information content (AvgIpc) is 3.20. The fourth-order valence-corrected chi connectivity index (χ4v) is 4.49. The minimum Gasteiger partial charge on any atom is -0.481 e. The Hall–Kier alpha value is -3.53. The Labute approximate surface area is 208 Å². The number of benzene rings is 2. The van der Waals surface area contributed by atoms with Crippen molar-refractivity contribution in [1.29, 1.82) is 0 Å². The van der Waals surface area contributed by atoms with E-state index in [0.29, 0.717) is 30.2 Å². The minimum absolute atomic E-state index is 0.132. The number of imidazole rings is 1. The maximum absolute atomic E-state index is 13.6. The van der Waals surface area contributed by atoms with Crippen LogP contribution in [0.2, 0.25) is 0 Å². The van der Waals surface area contributed by atoms with Crippen molar-refractivity contribution in [3.05, 3.63) is 59.4 Å². The number of nitrogens with one attached hydrogen (secondary N) is 2. The molecule has 0 fully saturated rings. The molecule has 3 aromatic rings. The number of amides is 2. The summed E-state index contributed by atoms with van der Waals surface area (Å²) in [7, 11) is 1.63. The highest BCUT2D eigenvalue weighted by Gasteiger charge is 2.29. The Balaban J connectivity index is 1.58. The van der Waals surface area contributed by atoms with Gasteiger partial charge in [0.25, 0.3) is 5.91 Å². The Morgan fingerprint density at radius 1 is 1.23 bits per heavy atom. The summed E-state index contributed by atoms with van der Waals surface area (Å²) >= 11 is 4.29. The van der Waals surface area contributed by atoms with E-state index in [1.54, 1.807) is 30.1 Å². The number of para-hydroxylation sites is 2. The Kier molecular flexibility index (Phi) is 7.60. The largest absolute Gasteiger partial charge is 0.481 e. The first-order valence-electron chi connectivity index (χ1n) is 11.6. The maximum Gasteiger partial charge on any atom is 0.305 e. The first-order chi connectivity index (χ1) is 16.9. The molecule has 1 aliphatic rings. The number of hydrogen-bond donors (Lipinski definition) is 4. The van der Waals surface area contributed by atoms with E-state index >= 15 is 0 Å². The van der Waals surface area contributed by atoms with Crippen molar-refractivity contribution in [2.75, 3.05) is 24.7 Å². The van der Waals surface area contributed by atoms with Crippen LogP contribution < -0.4 is 5.32 Å². The van der Waals surface area contributed by atoms with Crippen LogP contribution in [0.3, 0.4) is 0 Å². The van der Waals surface area contributed by atoms with Gasteiger partial charge in [-0.05, 0) is 54.5 Å². The van der Waals surface area contributed by atoms with Crippen LogP contribution in [0.25, 0.3) is 11.0 Å². The Morgan fingerprint density at radius 2 is 2.03 bits per heavy atom. The fourth-order valence-electron chi connectivity index (χ4n) is 4.27. The highest BCUT2D eigenvalue weighted by atomic mass is 32.1. The molecule has 4 rings (SSSR count). The second kappa shape index (κ2) is 10.8. The number of nitrogens with zero attached hydrogens (tertiary/aromatic N) is 3. The number of carboxylic acid groups (broad SMARTS) is 1. The van der Waals surface area contributed by atoms with Gasteiger partial charge in [0.1, 0.15) is 11.9 Å². The lowest BCUT2D eigenvalue weighted by molar-refractivity contribution is -0.141. The number of H-pyrrole nitrogens is 1. The van der Waals surface area contributed by atoms with Crippen molar-refractivity contribution in [2.24, 2.45) is 0 Å². The van der Waals surface area contributed by atoms with E-state index in [1.807, 2.05) is 24.3 Å². The summed E-state index contributed by atoms with van der Waals surface area (Å²) in [4.78, 5) is 48.6. The average molecular weight is 496 g/mol. The molecule has 184 valence electrons. The first-order valence-corrected chi connectivity index (χ1v) is 12.2.